The molecule has 2 aromatic rings. The summed E-state index contributed by atoms with van der Waals surface area (Å²) < 4.78 is 10.9. The monoisotopic (exact) mass is 362 g/mol. The average molecular weight is 363 g/mol. The van der Waals surface area contributed by atoms with Gasteiger partial charge in [-0.25, -0.2) is 0 Å². The van der Waals surface area contributed by atoms with Crippen molar-refractivity contribution in [1.29, 1.82) is 0 Å². The molecule has 0 aromatic heterocycles. The number of methoxy groups -OCH3 is 2. The zero-order valence-electron chi connectivity index (χ0n) is 12.7. The van der Waals surface area contributed by atoms with Gasteiger partial charge in [-0.1, -0.05) is 76.6 Å². The van der Waals surface area contributed by atoms with Gasteiger partial charge in [-0.05, 0) is 11.1 Å². The molecule has 0 saturated heterocycles. The fourth-order valence-corrected chi connectivity index (χ4v) is 3.57. The minimum absolute atomic E-state index is 0.323. The predicted molar refractivity (Wildman–Crippen MR) is 90.1 cm³/mol. The van der Waals surface area contributed by atoms with Gasteiger partial charge in [0.2, 0.25) is 0 Å². The third kappa shape index (κ3) is 3.08. The van der Waals surface area contributed by atoms with Gasteiger partial charge in [0.1, 0.15) is 11.5 Å². The number of hydrogen-bond donors (Lipinski definition) is 0. The molecule has 2 aromatic carbocycles. The molecular formula is C18H19BrO3. The Morgan fingerprint density at radius 2 is 1.59 bits per heavy atom. The molecule has 0 saturated carbocycles. The Balaban J connectivity index is 2.62. The molecule has 0 aliphatic carbocycles. The number of alkyl halides is 1. The van der Waals surface area contributed by atoms with Gasteiger partial charge in [-0.15, -0.1) is 0 Å². The highest BCUT2D eigenvalue weighted by Gasteiger charge is 2.46. The van der Waals surface area contributed by atoms with E-state index in [2.05, 4.69) is 15.9 Å². The zero-order valence-corrected chi connectivity index (χ0v) is 14.2. The maximum absolute atomic E-state index is 12.5. The van der Waals surface area contributed by atoms with Gasteiger partial charge in [0, 0.05) is 12.4 Å². The standard InChI is InChI=1S/C18H19BrO3/c1-21-17(20)16(14-9-5-3-6-10-14)18(13-19,22-2)15-11-7-4-8-12-15/h3-12,16H,13H2,1-2H3. The topological polar surface area (TPSA) is 35.5 Å². The van der Waals surface area contributed by atoms with Crippen LogP contribution in [0, 0.1) is 0 Å². The van der Waals surface area contributed by atoms with Crippen LogP contribution in [-0.4, -0.2) is 25.5 Å². The molecule has 0 amide bonds. The van der Waals surface area contributed by atoms with Crippen LogP contribution in [-0.2, 0) is 19.9 Å². The number of rotatable bonds is 6. The van der Waals surface area contributed by atoms with E-state index in [0.29, 0.717) is 5.33 Å². The summed E-state index contributed by atoms with van der Waals surface area (Å²) in [5.74, 6) is -0.887. The molecule has 2 unspecified atom stereocenters. The first-order valence-electron chi connectivity index (χ1n) is 6.99. The largest absolute Gasteiger partial charge is 0.468 e. The molecule has 2 rings (SSSR count). The van der Waals surface area contributed by atoms with Crippen molar-refractivity contribution in [2.45, 2.75) is 11.5 Å². The van der Waals surface area contributed by atoms with E-state index in [1.165, 1.54) is 7.11 Å². The Morgan fingerprint density at radius 3 is 2.05 bits per heavy atom. The molecule has 0 heterocycles. The Morgan fingerprint density at radius 1 is 1.05 bits per heavy atom. The lowest BCUT2D eigenvalue weighted by Crippen LogP contribution is -2.42. The van der Waals surface area contributed by atoms with Crippen LogP contribution in [0.1, 0.15) is 17.0 Å². The molecule has 0 fully saturated rings. The first-order chi connectivity index (χ1) is 10.7. The SMILES string of the molecule is COC(=O)C(c1ccccc1)C(CBr)(OC)c1ccccc1. The molecule has 0 aliphatic heterocycles. The second kappa shape index (κ2) is 7.56. The summed E-state index contributed by atoms with van der Waals surface area (Å²) in [6.45, 7) is 0. The van der Waals surface area contributed by atoms with Crippen molar-refractivity contribution < 1.29 is 14.3 Å². The quantitative estimate of drug-likeness (QED) is 0.577. The zero-order chi connectivity index (χ0) is 16.0. The molecular weight excluding hydrogens is 344 g/mol. The second-order valence-electron chi connectivity index (χ2n) is 4.96. The molecule has 0 aliphatic rings. The molecule has 22 heavy (non-hydrogen) atoms. The molecule has 0 radical (unpaired) electrons. The van der Waals surface area contributed by atoms with Crippen molar-refractivity contribution in [1.82, 2.24) is 0 Å². The summed E-state index contributed by atoms with van der Waals surface area (Å²) in [6, 6.07) is 19.3. The van der Waals surface area contributed by atoms with Crippen LogP contribution in [0.4, 0.5) is 0 Å². The average Bonchev–Trinajstić information content (AvgIpc) is 2.60. The molecule has 3 nitrogen and oxygen atoms in total. The van der Waals surface area contributed by atoms with Gasteiger partial charge in [-0.2, -0.15) is 0 Å². The van der Waals surface area contributed by atoms with Gasteiger partial charge in [0.15, 0.2) is 0 Å². The van der Waals surface area contributed by atoms with Crippen molar-refractivity contribution in [2.75, 3.05) is 19.5 Å². The summed E-state index contributed by atoms with van der Waals surface area (Å²) in [4.78, 5) is 12.5. The van der Waals surface area contributed by atoms with E-state index < -0.39 is 11.5 Å². The third-order valence-corrected chi connectivity index (χ3v) is 4.69. The Kier molecular flexibility index (Phi) is 5.75. The number of carbonyl (C=O) groups is 1. The van der Waals surface area contributed by atoms with Crippen molar-refractivity contribution in [3.8, 4) is 0 Å². The molecule has 2 atom stereocenters. The van der Waals surface area contributed by atoms with E-state index in [-0.39, 0.29) is 5.97 Å². The first-order valence-corrected chi connectivity index (χ1v) is 8.11. The lowest BCUT2D eigenvalue weighted by atomic mass is 9.78. The van der Waals surface area contributed by atoms with Crippen LogP contribution in [0.2, 0.25) is 0 Å². The van der Waals surface area contributed by atoms with Crippen LogP contribution in [0.5, 0.6) is 0 Å². The Hall–Kier alpha value is -1.65. The second-order valence-corrected chi connectivity index (χ2v) is 5.52. The van der Waals surface area contributed by atoms with Crippen molar-refractivity contribution >= 4 is 21.9 Å². The van der Waals surface area contributed by atoms with E-state index >= 15 is 0 Å². The lowest BCUT2D eigenvalue weighted by molar-refractivity contribution is -0.151. The Labute approximate surface area is 139 Å². The van der Waals surface area contributed by atoms with Crippen LogP contribution in [0.3, 0.4) is 0 Å². The highest BCUT2D eigenvalue weighted by Crippen LogP contribution is 2.42. The number of ether oxygens (including phenoxy) is 2. The summed E-state index contributed by atoms with van der Waals surface area (Å²) in [6.07, 6.45) is 0. The highest BCUT2D eigenvalue weighted by atomic mass is 79.9. The van der Waals surface area contributed by atoms with E-state index in [1.807, 2.05) is 60.7 Å². The maximum atomic E-state index is 12.5. The van der Waals surface area contributed by atoms with Crippen LogP contribution in [0.25, 0.3) is 0 Å². The number of esters is 1. The lowest BCUT2D eigenvalue weighted by Gasteiger charge is -2.37. The Bertz CT molecular complexity index is 594. The van der Waals surface area contributed by atoms with Gasteiger partial charge >= 0.3 is 5.97 Å². The summed E-state index contributed by atoms with van der Waals surface area (Å²) in [7, 11) is 3.02. The highest BCUT2D eigenvalue weighted by molar-refractivity contribution is 9.09. The van der Waals surface area contributed by atoms with Gasteiger partial charge < -0.3 is 9.47 Å². The van der Waals surface area contributed by atoms with E-state index in [1.54, 1.807) is 7.11 Å². The minimum atomic E-state index is -0.838. The van der Waals surface area contributed by atoms with E-state index in [4.69, 9.17) is 9.47 Å². The molecule has 4 heteroatoms. The summed E-state index contributed by atoms with van der Waals surface area (Å²) in [5.41, 5.74) is 0.948. The number of hydrogen-bond acceptors (Lipinski definition) is 3. The smallest absolute Gasteiger partial charge is 0.316 e. The molecule has 0 spiro atoms. The van der Waals surface area contributed by atoms with Gasteiger partial charge in [0.25, 0.3) is 0 Å². The molecule has 0 bridgehead atoms. The minimum Gasteiger partial charge on any atom is -0.468 e. The summed E-state index contributed by atoms with van der Waals surface area (Å²) >= 11 is 3.53. The fraction of sp³-hybridized carbons (Fsp3) is 0.278. The summed E-state index contributed by atoms with van der Waals surface area (Å²) in [5, 5.41) is 0.467. The van der Waals surface area contributed by atoms with E-state index in [9.17, 15) is 4.79 Å². The van der Waals surface area contributed by atoms with E-state index in [0.717, 1.165) is 11.1 Å². The number of halogens is 1. The van der Waals surface area contributed by atoms with Crippen molar-refractivity contribution in [3.63, 3.8) is 0 Å². The number of benzene rings is 2. The fourth-order valence-electron chi connectivity index (χ4n) is 2.69. The van der Waals surface area contributed by atoms with Crippen molar-refractivity contribution in [3.05, 3.63) is 71.8 Å². The molecule has 0 N–H and O–H groups in total. The van der Waals surface area contributed by atoms with Gasteiger partial charge in [0.05, 0.1) is 7.11 Å². The van der Waals surface area contributed by atoms with Gasteiger partial charge in [-0.3, -0.25) is 4.79 Å². The molecule has 116 valence electrons. The predicted octanol–water partition coefficient (Wildman–Crippen LogP) is 3.88. The van der Waals surface area contributed by atoms with Crippen molar-refractivity contribution in [2.24, 2.45) is 0 Å². The van der Waals surface area contributed by atoms with Crippen LogP contribution >= 0.6 is 15.9 Å². The number of carbonyl (C=O) groups excluding carboxylic acids is 1. The first kappa shape index (κ1) is 16.7. The maximum Gasteiger partial charge on any atom is 0.316 e. The third-order valence-electron chi connectivity index (χ3n) is 3.86. The normalized spacial score (nSPS) is 14.9. The van der Waals surface area contributed by atoms with Crippen LogP contribution in [0.15, 0.2) is 60.7 Å². The van der Waals surface area contributed by atoms with Crippen LogP contribution < -0.4 is 0 Å².